The molecular weight excluding hydrogens is 458 g/mol. The van der Waals surface area contributed by atoms with Crippen LogP contribution in [0.1, 0.15) is 51.3 Å². The van der Waals surface area contributed by atoms with Crippen LogP contribution in [-0.4, -0.2) is 32.4 Å². The van der Waals surface area contributed by atoms with Gasteiger partial charge in [0, 0.05) is 31.8 Å². The molecule has 0 amide bonds. The molecule has 0 saturated carbocycles. The lowest BCUT2D eigenvalue weighted by molar-refractivity contribution is -0.137. The monoisotopic (exact) mass is 491 g/mol. The van der Waals surface area contributed by atoms with Crippen LogP contribution in [0.3, 0.4) is 0 Å². The fourth-order valence-corrected chi connectivity index (χ4v) is 6.08. The molecule has 3 aromatic rings. The van der Waals surface area contributed by atoms with Gasteiger partial charge in [-0.25, -0.2) is 8.51 Å². The van der Waals surface area contributed by atoms with Crippen LogP contribution in [0.15, 0.2) is 54.6 Å². The molecule has 4 rings (SSSR count). The highest BCUT2D eigenvalue weighted by Crippen LogP contribution is 2.36. The lowest BCUT2D eigenvalue weighted by Crippen LogP contribution is -2.26. The molecule has 184 valence electrons. The van der Waals surface area contributed by atoms with Crippen LogP contribution in [0.5, 0.6) is 0 Å². The van der Waals surface area contributed by atoms with Crippen molar-refractivity contribution in [1.82, 2.24) is 4.31 Å². The van der Waals surface area contributed by atoms with E-state index in [1.807, 2.05) is 61.6 Å². The van der Waals surface area contributed by atoms with E-state index < -0.39 is 17.0 Å². The van der Waals surface area contributed by atoms with Gasteiger partial charge in [-0.15, -0.1) is 0 Å². The molecule has 3 aromatic carbocycles. The Morgan fingerprint density at radius 1 is 1.14 bits per heavy atom. The number of rotatable bonds is 7. The van der Waals surface area contributed by atoms with Crippen molar-refractivity contribution in [3.05, 3.63) is 93.5 Å². The van der Waals surface area contributed by atoms with E-state index in [4.69, 9.17) is 5.73 Å². The van der Waals surface area contributed by atoms with E-state index in [1.54, 1.807) is 0 Å². The maximum Gasteiger partial charge on any atom is 0.304 e. The Bertz CT molecular complexity index is 1270. The fourth-order valence-electron chi connectivity index (χ4n) is 4.86. The van der Waals surface area contributed by atoms with Crippen molar-refractivity contribution in [2.24, 2.45) is 0 Å². The summed E-state index contributed by atoms with van der Waals surface area (Å²) in [6, 6.07) is 18.3. The van der Waals surface area contributed by atoms with Crippen LogP contribution in [0.2, 0.25) is 0 Å². The number of nitrogen functional groups attached to an aromatic ring is 1. The summed E-state index contributed by atoms with van der Waals surface area (Å²) in [6.45, 7) is 5.16. The largest absolute Gasteiger partial charge is 0.481 e. The van der Waals surface area contributed by atoms with Gasteiger partial charge in [-0.1, -0.05) is 48.5 Å². The van der Waals surface area contributed by atoms with Gasteiger partial charge in [-0.2, -0.15) is 0 Å². The number of carbonyl (C=O) groups is 1. The summed E-state index contributed by atoms with van der Waals surface area (Å²) in [6.07, 6.45) is 0.771. The van der Waals surface area contributed by atoms with Gasteiger partial charge in [0.25, 0.3) is 0 Å². The second-order valence-corrected chi connectivity index (χ2v) is 10.7. The first-order valence-electron chi connectivity index (χ1n) is 11.9. The molecule has 0 radical (unpaired) electrons. The Kier molecular flexibility index (Phi) is 7.57. The van der Waals surface area contributed by atoms with Crippen molar-refractivity contribution in [3.63, 3.8) is 0 Å². The molecule has 2 unspecified atom stereocenters. The van der Waals surface area contributed by atoms with Crippen LogP contribution in [0.4, 0.5) is 11.4 Å². The number of aliphatic carboxylic acids is 1. The first kappa shape index (κ1) is 24.9. The second kappa shape index (κ2) is 10.6. The average Bonchev–Trinajstić information content (AvgIpc) is 2.99. The molecule has 35 heavy (non-hydrogen) atoms. The molecule has 0 aliphatic carbocycles. The zero-order chi connectivity index (χ0) is 25.1. The van der Waals surface area contributed by atoms with Crippen molar-refractivity contribution in [1.29, 1.82) is 0 Å². The van der Waals surface area contributed by atoms with E-state index in [2.05, 4.69) is 23.5 Å². The Morgan fingerprint density at radius 3 is 2.60 bits per heavy atom. The normalized spacial score (nSPS) is 16.8. The Morgan fingerprint density at radius 2 is 1.89 bits per heavy atom. The fraction of sp³-hybridized carbons (Fsp3) is 0.321. The standard InChI is InChI=1S/C28H33N3O3S/c1-18-8-9-21(25(15-27(32)33)24-10-11-26(30-3)28(29)19(24)2)14-23(18)17-31-16-22-7-5-4-6-20(22)12-13-35(31)34/h4-11,14,25,30H,12-13,15-17,29H2,1-3H3,(H,32,33). The predicted molar refractivity (Wildman–Crippen MR) is 143 cm³/mol. The zero-order valence-electron chi connectivity index (χ0n) is 20.5. The lowest BCUT2D eigenvalue weighted by Gasteiger charge is -2.24. The Balaban J connectivity index is 1.69. The Labute approximate surface area is 209 Å². The molecule has 0 spiro atoms. The number of nitrogens with one attached hydrogen (secondary N) is 1. The van der Waals surface area contributed by atoms with Gasteiger partial charge >= 0.3 is 5.97 Å². The van der Waals surface area contributed by atoms with Crippen LogP contribution in [-0.2, 0) is 35.3 Å². The summed E-state index contributed by atoms with van der Waals surface area (Å²) in [7, 11) is 0.729. The number of anilines is 2. The maximum atomic E-state index is 13.1. The van der Waals surface area contributed by atoms with Crippen LogP contribution >= 0.6 is 0 Å². The number of fused-ring (bicyclic) bond motifs is 1. The van der Waals surface area contributed by atoms with Gasteiger partial charge in [0.15, 0.2) is 0 Å². The smallest absolute Gasteiger partial charge is 0.304 e. The van der Waals surface area contributed by atoms with Crippen molar-refractivity contribution < 1.29 is 14.1 Å². The molecular formula is C28H33N3O3S. The number of carboxylic acid groups (broad SMARTS) is 1. The predicted octanol–water partition coefficient (Wildman–Crippen LogP) is 4.76. The van der Waals surface area contributed by atoms with E-state index in [9.17, 15) is 14.1 Å². The van der Waals surface area contributed by atoms with Gasteiger partial charge < -0.3 is 16.2 Å². The van der Waals surface area contributed by atoms with E-state index in [0.717, 1.165) is 39.9 Å². The molecule has 0 saturated heterocycles. The third-order valence-corrected chi connectivity index (χ3v) is 8.39. The van der Waals surface area contributed by atoms with E-state index in [0.29, 0.717) is 24.5 Å². The molecule has 0 fully saturated rings. The summed E-state index contributed by atoms with van der Waals surface area (Å²) >= 11 is 0. The number of nitrogens with zero attached hydrogens (tertiary/aromatic N) is 1. The highest BCUT2D eigenvalue weighted by Gasteiger charge is 2.24. The van der Waals surface area contributed by atoms with Gasteiger partial charge in [0.2, 0.25) is 0 Å². The third kappa shape index (κ3) is 5.41. The molecule has 1 heterocycles. The second-order valence-electron chi connectivity index (χ2n) is 9.17. The van der Waals surface area contributed by atoms with E-state index in [-0.39, 0.29) is 12.3 Å². The molecule has 1 aliphatic heterocycles. The Hall–Kier alpha value is -3.16. The minimum absolute atomic E-state index is 0.0370. The number of hydrogen-bond donors (Lipinski definition) is 3. The van der Waals surface area contributed by atoms with Crippen molar-refractivity contribution >= 4 is 28.3 Å². The number of aryl methyl sites for hydroxylation is 2. The number of hydrogen-bond acceptors (Lipinski definition) is 4. The van der Waals surface area contributed by atoms with Gasteiger partial charge in [-0.05, 0) is 65.3 Å². The zero-order valence-corrected chi connectivity index (χ0v) is 21.3. The SMILES string of the molecule is CNc1ccc(C(CC(=O)O)c2ccc(C)c(CN3Cc4ccccc4CCS3=O)c2)c(C)c1N. The van der Waals surface area contributed by atoms with Gasteiger partial charge in [0.1, 0.15) is 0 Å². The topological polar surface area (TPSA) is 95.7 Å². The van der Waals surface area contributed by atoms with Crippen molar-refractivity contribution in [3.8, 4) is 0 Å². The summed E-state index contributed by atoms with van der Waals surface area (Å²) in [5.74, 6) is -0.596. The summed E-state index contributed by atoms with van der Waals surface area (Å²) in [5.41, 5.74) is 15.1. The maximum absolute atomic E-state index is 13.1. The summed E-state index contributed by atoms with van der Waals surface area (Å²) in [4.78, 5) is 11.9. The molecule has 1 aliphatic rings. The summed E-state index contributed by atoms with van der Waals surface area (Å²) < 4.78 is 15.1. The third-order valence-electron chi connectivity index (χ3n) is 7.00. The average molecular weight is 492 g/mol. The molecule has 6 nitrogen and oxygen atoms in total. The number of carboxylic acids is 1. The minimum atomic E-state index is -1.09. The quantitative estimate of drug-likeness (QED) is 0.414. The van der Waals surface area contributed by atoms with Crippen molar-refractivity contribution in [2.75, 3.05) is 23.9 Å². The molecule has 2 atom stereocenters. The molecule has 0 bridgehead atoms. The number of nitrogens with two attached hydrogens (primary N) is 1. The van der Waals surface area contributed by atoms with Gasteiger partial charge in [-0.3, -0.25) is 4.79 Å². The first-order valence-corrected chi connectivity index (χ1v) is 13.1. The molecule has 0 aromatic heterocycles. The highest BCUT2D eigenvalue weighted by atomic mass is 32.2. The molecule has 7 heteroatoms. The minimum Gasteiger partial charge on any atom is -0.481 e. The first-order chi connectivity index (χ1) is 16.8. The van der Waals surface area contributed by atoms with Crippen LogP contribution < -0.4 is 11.1 Å². The highest BCUT2D eigenvalue weighted by molar-refractivity contribution is 7.82. The van der Waals surface area contributed by atoms with E-state index in [1.165, 1.54) is 11.1 Å². The summed E-state index contributed by atoms with van der Waals surface area (Å²) in [5, 5.41) is 12.8. The molecule has 4 N–H and O–H groups in total. The van der Waals surface area contributed by atoms with Crippen LogP contribution in [0.25, 0.3) is 0 Å². The van der Waals surface area contributed by atoms with Crippen molar-refractivity contribution in [2.45, 2.75) is 45.7 Å². The van der Waals surface area contributed by atoms with Crippen LogP contribution in [0, 0.1) is 13.8 Å². The van der Waals surface area contributed by atoms with Gasteiger partial charge in [0.05, 0.1) is 28.8 Å². The lowest BCUT2D eigenvalue weighted by atomic mass is 9.84. The van der Waals surface area contributed by atoms with E-state index >= 15 is 0 Å². The number of benzene rings is 3.